The zero-order valence-electron chi connectivity index (χ0n) is 12.8. The molecule has 1 aliphatic rings. The molecule has 0 bridgehead atoms. The number of hydrogen-bond acceptors (Lipinski definition) is 2. The number of nitrogens with zero attached hydrogens (tertiary/aromatic N) is 1. The minimum atomic E-state index is -0.626. The number of rotatable bonds is 4. The third kappa shape index (κ3) is 4.63. The Labute approximate surface area is 132 Å². The van der Waals surface area contributed by atoms with Crippen molar-refractivity contribution >= 4 is 17.5 Å². The molecule has 4 heteroatoms. The summed E-state index contributed by atoms with van der Waals surface area (Å²) in [4.78, 5) is 14.4. The molecule has 1 saturated heterocycles. The largest absolute Gasteiger partial charge is 0.491 e. The van der Waals surface area contributed by atoms with Crippen LogP contribution in [0.2, 0.25) is 0 Å². The number of alkyl halides is 1. The number of carbonyl (C=O) groups excluding carboxylic acids is 1. The van der Waals surface area contributed by atoms with Crippen LogP contribution in [0.3, 0.4) is 0 Å². The molecule has 0 saturated carbocycles. The summed E-state index contributed by atoms with van der Waals surface area (Å²) in [6.07, 6.45) is 4.66. The highest BCUT2D eigenvalue weighted by molar-refractivity contribution is 6.30. The van der Waals surface area contributed by atoms with E-state index in [-0.39, 0.29) is 12.0 Å². The van der Waals surface area contributed by atoms with Crippen LogP contribution in [0.1, 0.15) is 50.5 Å². The number of hydrogen-bond donors (Lipinski definition) is 0. The van der Waals surface area contributed by atoms with E-state index in [0.717, 1.165) is 37.2 Å². The number of ether oxygens (including phenoxy) is 1. The van der Waals surface area contributed by atoms with Crippen molar-refractivity contribution in [3.8, 4) is 5.75 Å². The highest BCUT2D eigenvalue weighted by atomic mass is 35.5. The number of benzene rings is 1. The van der Waals surface area contributed by atoms with Gasteiger partial charge in [0.1, 0.15) is 11.1 Å². The van der Waals surface area contributed by atoms with E-state index in [1.807, 2.05) is 43.0 Å². The Morgan fingerprint density at radius 3 is 2.48 bits per heavy atom. The number of halogens is 1. The minimum Gasteiger partial charge on any atom is -0.491 e. The van der Waals surface area contributed by atoms with Gasteiger partial charge < -0.3 is 9.64 Å². The van der Waals surface area contributed by atoms with Crippen molar-refractivity contribution in [2.24, 2.45) is 0 Å². The first-order valence-corrected chi connectivity index (χ1v) is 8.21. The molecule has 1 atom stereocenters. The van der Waals surface area contributed by atoms with Crippen molar-refractivity contribution in [3.63, 3.8) is 0 Å². The molecule has 1 fully saturated rings. The molecular formula is C17H24ClNO2. The van der Waals surface area contributed by atoms with Gasteiger partial charge in [-0.25, -0.2) is 0 Å². The fourth-order valence-electron chi connectivity index (χ4n) is 2.61. The zero-order valence-corrected chi connectivity index (χ0v) is 13.6. The van der Waals surface area contributed by atoms with Crippen molar-refractivity contribution in [3.05, 3.63) is 29.8 Å². The van der Waals surface area contributed by atoms with Crippen LogP contribution >= 0.6 is 11.6 Å². The quantitative estimate of drug-likeness (QED) is 0.782. The van der Waals surface area contributed by atoms with E-state index in [1.54, 1.807) is 0 Å². The van der Waals surface area contributed by atoms with E-state index in [0.29, 0.717) is 0 Å². The maximum absolute atomic E-state index is 12.5. The highest BCUT2D eigenvalue weighted by Gasteiger charge is 2.24. The Bertz CT molecular complexity index is 468. The highest BCUT2D eigenvalue weighted by Crippen LogP contribution is 2.27. The molecule has 0 radical (unpaired) electrons. The molecule has 1 heterocycles. The molecule has 1 amide bonds. The number of amides is 1. The van der Waals surface area contributed by atoms with Crippen LogP contribution in [0.4, 0.5) is 0 Å². The standard InChI is InChI=1S/C17H24ClNO2/c1-13(2)21-15-9-7-8-14(12-15)16(18)17(20)19-10-5-3-4-6-11-19/h7-9,12-13,16H,3-6,10-11H2,1-2H3. The van der Waals surface area contributed by atoms with Crippen molar-refractivity contribution in [1.82, 2.24) is 4.90 Å². The van der Waals surface area contributed by atoms with Crippen molar-refractivity contribution in [2.75, 3.05) is 13.1 Å². The Morgan fingerprint density at radius 2 is 1.86 bits per heavy atom. The number of carbonyl (C=O) groups is 1. The zero-order chi connectivity index (χ0) is 15.2. The van der Waals surface area contributed by atoms with Crippen LogP contribution in [0.25, 0.3) is 0 Å². The molecule has 1 aromatic rings. The van der Waals surface area contributed by atoms with Crippen molar-refractivity contribution in [2.45, 2.75) is 51.0 Å². The van der Waals surface area contributed by atoms with Crippen molar-refractivity contribution < 1.29 is 9.53 Å². The van der Waals surface area contributed by atoms with Gasteiger partial charge in [0.15, 0.2) is 0 Å². The van der Waals surface area contributed by atoms with Crippen molar-refractivity contribution in [1.29, 1.82) is 0 Å². The van der Waals surface area contributed by atoms with E-state index in [4.69, 9.17) is 16.3 Å². The Morgan fingerprint density at radius 1 is 1.19 bits per heavy atom. The molecule has 0 N–H and O–H groups in total. The maximum Gasteiger partial charge on any atom is 0.245 e. The summed E-state index contributed by atoms with van der Waals surface area (Å²) >= 11 is 6.41. The Kier molecular flexibility index (Phi) is 5.92. The second kappa shape index (κ2) is 7.69. The summed E-state index contributed by atoms with van der Waals surface area (Å²) < 4.78 is 5.67. The first-order chi connectivity index (χ1) is 10.1. The first kappa shape index (κ1) is 16.2. The van der Waals surface area contributed by atoms with Crippen LogP contribution in [0, 0.1) is 0 Å². The van der Waals surface area contributed by atoms with Crippen LogP contribution < -0.4 is 4.74 Å². The van der Waals surface area contributed by atoms with Gasteiger partial charge in [0.25, 0.3) is 0 Å². The van der Waals surface area contributed by atoms with Crippen LogP contribution in [-0.4, -0.2) is 30.0 Å². The third-order valence-electron chi connectivity index (χ3n) is 3.66. The molecule has 21 heavy (non-hydrogen) atoms. The van der Waals surface area contributed by atoms with E-state index in [1.165, 1.54) is 12.8 Å². The lowest BCUT2D eigenvalue weighted by molar-refractivity contribution is -0.130. The summed E-state index contributed by atoms with van der Waals surface area (Å²) in [7, 11) is 0. The summed E-state index contributed by atoms with van der Waals surface area (Å²) in [5, 5.41) is -0.626. The second-order valence-corrected chi connectivity index (χ2v) is 6.28. The van der Waals surface area contributed by atoms with Gasteiger partial charge in [-0.05, 0) is 44.4 Å². The Hall–Kier alpha value is -1.22. The van der Waals surface area contributed by atoms with Gasteiger partial charge in [-0.1, -0.05) is 25.0 Å². The van der Waals surface area contributed by atoms with Gasteiger partial charge >= 0.3 is 0 Å². The average molecular weight is 310 g/mol. The van der Waals surface area contributed by atoms with Gasteiger partial charge in [0.2, 0.25) is 5.91 Å². The predicted octanol–water partition coefficient (Wildman–Crippen LogP) is 4.16. The van der Waals surface area contributed by atoms with Gasteiger partial charge in [-0.15, -0.1) is 11.6 Å². The molecule has 0 aromatic heterocycles. The lowest BCUT2D eigenvalue weighted by Crippen LogP contribution is -2.34. The Balaban J connectivity index is 2.07. The lowest BCUT2D eigenvalue weighted by atomic mass is 10.1. The summed E-state index contributed by atoms with van der Waals surface area (Å²) in [6, 6.07) is 7.54. The van der Waals surface area contributed by atoms with Crippen LogP contribution in [0.5, 0.6) is 5.75 Å². The van der Waals surface area contributed by atoms with E-state index >= 15 is 0 Å². The second-order valence-electron chi connectivity index (χ2n) is 5.84. The molecule has 0 aliphatic carbocycles. The van der Waals surface area contributed by atoms with Gasteiger partial charge in [0.05, 0.1) is 6.10 Å². The maximum atomic E-state index is 12.5. The topological polar surface area (TPSA) is 29.5 Å². The molecule has 2 rings (SSSR count). The van der Waals surface area contributed by atoms with Gasteiger partial charge in [-0.2, -0.15) is 0 Å². The van der Waals surface area contributed by atoms with E-state index in [9.17, 15) is 4.79 Å². The van der Waals surface area contributed by atoms with E-state index < -0.39 is 5.38 Å². The molecule has 1 aliphatic heterocycles. The molecular weight excluding hydrogens is 286 g/mol. The van der Waals surface area contributed by atoms with E-state index in [2.05, 4.69) is 0 Å². The normalized spacial score (nSPS) is 17.4. The summed E-state index contributed by atoms with van der Waals surface area (Å²) in [6.45, 7) is 5.61. The van der Waals surface area contributed by atoms with Gasteiger partial charge in [0, 0.05) is 13.1 Å². The third-order valence-corrected chi connectivity index (χ3v) is 4.10. The summed E-state index contributed by atoms with van der Waals surface area (Å²) in [5.74, 6) is 0.775. The van der Waals surface area contributed by atoms with Crippen LogP contribution in [-0.2, 0) is 4.79 Å². The lowest BCUT2D eigenvalue weighted by Gasteiger charge is -2.23. The summed E-state index contributed by atoms with van der Waals surface area (Å²) in [5.41, 5.74) is 0.809. The van der Waals surface area contributed by atoms with Gasteiger partial charge in [-0.3, -0.25) is 4.79 Å². The number of likely N-dealkylation sites (tertiary alicyclic amines) is 1. The molecule has 1 aromatic carbocycles. The fraction of sp³-hybridized carbons (Fsp3) is 0.588. The first-order valence-electron chi connectivity index (χ1n) is 7.77. The average Bonchev–Trinajstić information content (AvgIpc) is 2.74. The molecule has 3 nitrogen and oxygen atoms in total. The predicted molar refractivity (Wildman–Crippen MR) is 85.8 cm³/mol. The fourth-order valence-corrected chi connectivity index (χ4v) is 2.89. The molecule has 116 valence electrons. The minimum absolute atomic E-state index is 0.0141. The smallest absolute Gasteiger partial charge is 0.245 e. The SMILES string of the molecule is CC(C)Oc1cccc(C(Cl)C(=O)N2CCCCCC2)c1. The molecule has 1 unspecified atom stereocenters. The molecule has 0 spiro atoms. The van der Waals surface area contributed by atoms with Crippen LogP contribution in [0.15, 0.2) is 24.3 Å². The monoisotopic (exact) mass is 309 g/mol.